The standard InChI is InChI=1S/C15H25NO.C2H6/c1-7-8-14(10-9-12(2)3)15(17)16(6)11-13(4)5;1-2/h8-10,13H,2,7,11H2,1,3-6H3;1-2H3/b10-9-,14-8+;. The molecule has 0 heterocycles. The Hall–Kier alpha value is -1.31. The van der Waals surface area contributed by atoms with Crippen LogP contribution >= 0.6 is 0 Å². The van der Waals surface area contributed by atoms with E-state index in [-0.39, 0.29) is 5.91 Å². The van der Waals surface area contributed by atoms with Gasteiger partial charge in [-0.3, -0.25) is 4.79 Å². The smallest absolute Gasteiger partial charge is 0.253 e. The molecule has 0 unspecified atom stereocenters. The SMILES string of the molecule is C=C(C)/C=C\C(=C/CC)C(=O)N(C)CC(C)C.CC. The largest absolute Gasteiger partial charge is 0.341 e. The molecule has 2 nitrogen and oxygen atoms in total. The number of hydrogen-bond acceptors (Lipinski definition) is 1. The maximum absolute atomic E-state index is 12.2. The van der Waals surface area contributed by atoms with Gasteiger partial charge in [0, 0.05) is 19.2 Å². The molecule has 0 rings (SSSR count). The van der Waals surface area contributed by atoms with Gasteiger partial charge in [-0.15, -0.1) is 0 Å². The van der Waals surface area contributed by atoms with Crippen LogP contribution in [0.5, 0.6) is 0 Å². The van der Waals surface area contributed by atoms with E-state index in [0.717, 1.165) is 24.1 Å². The summed E-state index contributed by atoms with van der Waals surface area (Å²) in [6.07, 6.45) is 6.54. The van der Waals surface area contributed by atoms with Crippen LogP contribution in [0.15, 0.2) is 36.0 Å². The van der Waals surface area contributed by atoms with Gasteiger partial charge in [0.05, 0.1) is 0 Å². The number of rotatable bonds is 6. The zero-order valence-electron chi connectivity index (χ0n) is 13.8. The highest BCUT2D eigenvalue weighted by Gasteiger charge is 2.12. The average Bonchev–Trinajstić information content (AvgIpc) is 2.35. The van der Waals surface area contributed by atoms with Gasteiger partial charge in [0.2, 0.25) is 0 Å². The van der Waals surface area contributed by atoms with Gasteiger partial charge in [-0.2, -0.15) is 0 Å². The van der Waals surface area contributed by atoms with Gasteiger partial charge in [-0.1, -0.05) is 58.9 Å². The van der Waals surface area contributed by atoms with Gasteiger partial charge in [0.15, 0.2) is 0 Å². The van der Waals surface area contributed by atoms with Crippen LogP contribution in [0.4, 0.5) is 0 Å². The molecule has 0 fully saturated rings. The first-order valence-electron chi connectivity index (χ1n) is 7.17. The van der Waals surface area contributed by atoms with E-state index in [1.165, 1.54) is 0 Å². The third-order valence-electron chi connectivity index (χ3n) is 2.20. The molecule has 0 aliphatic rings. The maximum atomic E-state index is 12.2. The van der Waals surface area contributed by atoms with E-state index in [2.05, 4.69) is 20.4 Å². The number of allylic oxidation sites excluding steroid dienone is 3. The Balaban J connectivity index is 0. The molecule has 0 aromatic heterocycles. The summed E-state index contributed by atoms with van der Waals surface area (Å²) in [6.45, 7) is 16.7. The number of likely N-dealkylation sites (N-methyl/N-ethyl adjacent to an activating group) is 1. The van der Waals surface area contributed by atoms with Crippen molar-refractivity contribution in [2.24, 2.45) is 5.92 Å². The fourth-order valence-corrected chi connectivity index (χ4v) is 1.53. The average molecular weight is 265 g/mol. The summed E-state index contributed by atoms with van der Waals surface area (Å²) < 4.78 is 0. The molecule has 0 spiro atoms. The lowest BCUT2D eigenvalue weighted by molar-refractivity contribution is -0.126. The number of amides is 1. The van der Waals surface area contributed by atoms with Crippen LogP contribution in [0, 0.1) is 5.92 Å². The molecule has 2 heteroatoms. The molecule has 0 aromatic rings. The Labute approximate surface area is 119 Å². The third kappa shape index (κ3) is 10.3. The van der Waals surface area contributed by atoms with Crippen molar-refractivity contribution in [1.82, 2.24) is 4.90 Å². The van der Waals surface area contributed by atoms with E-state index in [0.29, 0.717) is 5.92 Å². The van der Waals surface area contributed by atoms with Crippen molar-refractivity contribution in [3.8, 4) is 0 Å². The van der Waals surface area contributed by atoms with Crippen LogP contribution in [0.1, 0.15) is 48.0 Å². The number of carbonyl (C=O) groups excluding carboxylic acids is 1. The summed E-state index contributed by atoms with van der Waals surface area (Å²) in [4.78, 5) is 13.9. The predicted octanol–water partition coefficient (Wildman–Crippen LogP) is 4.60. The Kier molecular flexibility index (Phi) is 12.4. The van der Waals surface area contributed by atoms with Crippen LogP contribution in [0.25, 0.3) is 0 Å². The van der Waals surface area contributed by atoms with E-state index in [1.54, 1.807) is 4.90 Å². The Morgan fingerprint density at radius 3 is 2.16 bits per heavy atom. The second-order valence-electron chi connectivity index (χ2n) is 4.83. The first-order chi connectivity index (χ1) is 8.88. The quantitative estimate of drug-likeness (QED) is 0.508. The highest BCUT2D eigenvalue weighted by molar-refractivity contribution is 5.96. The third-order valence-corrected chi connectivity index (χ3v) is 2.20. The second-order valence-corrected chi connectivity index (χ2v) is 4.83. The Morgan fingerprint density at radius 2 is 1.79 bits per heavy atom. The second kappa shape index (κ2) is 11.8. The molecule has 1 amide bonds. The molecule has 0 atom stereocenters. The lowest BCUT2D eigenvalue weighted by Gasteiger charge is -2.20. The van der Waals surface area contributed by atoms with Gasteiger partial charge >= 0.3 is 0 Å². The molecule has 110 valence electrons. The molecule has 0 aliphatic heterocycles. The molecule has 0 saturated carbocycles. The molecular weight excluding hydrogens is 234 g/mol. The van der Waals surface area contributed by atoms with Gasteiger partial charge in [-0.25, -0.2) is 0 Å². The highest BCUT2D eigenvalue weighted by Crippen LogP contribution is 2.08. The van der Waals surface area contributed by atoms with Crippen LogP contribution in [-0.4, -0.2) is 24.4 Å². The zero-order valence-corrected chi connectivity index (χ0v) is 13.8. The van der Waals surface area contributed by atoms with Crippen LogP contribution in [0.3, 0.4) is 0 Å². The number of hydrogen-bond donors (Lipinski definition) is 0. The monoisotopic (exact) mass is 265 g/mol. The molecule has 19 heavy (non-hydrogen) atoms. The van der Waals surface area contributed by atoms with Crippen molar-refractivity contribution in [3.63, 3.8) is 0 Å². The minimum atomic E-state index is 0.0815. The van der Waals surface area contributed by atoms with E-state index in [4.69, 9.17) is 0 Å². The minimum absolute atomic E-state index is 0.0815. The number of carbonyl (C=O) groups is 1. The molecule has 0 bridgehead atoms. The zero-order chi connectivity index (χ0) is 15.4. The van der Waals surface area contributed by atoms with Gasteiger partial charge in [-0.05, 0) is 25.3 Å². The minimum Gasteiger partial charge on any atom is -0.341 e. The summed E-state index contributed by atoms with van der Waals surface area (Å²) in [6, 6.07) is 0. The van der Waals surface area contributed by atoms with E-state index in [1.807, 2.05) is 53.0 Å². The Bertz CT molecular complexity index is 324. The van der Waals surface area contributed by atoms with Crippen molar-refractivity contribution in [2.45, 2.75) is 48.0 Å². The van der Waals surface area contributed by atoms with Crippen LogP contribution < -0.4 is 0 Å². The summed E-state index contributed by atoms with van der Waals surface area (Å²) >= 11 is 0. The molecule has 0 N–H and O–H groups in total. The van der Waals surface area contributed by atoms with Crippen molar-refractivity contribution in [3.05, 3.63) is 36.0 Å². The molecule has 0 radical (unpaired) electrons. The van der Waals surface area contributed by atoms with Gasteiger partial charge in [0.1, 0.15) is 0 Å². The lowest BCUT2D eigenvalue weighted by atomic mass is 10.1. The fourth-order valence-electron chi connectivity index (χ4n) is 1.53. The molecule has 0 aromatic carbocycles. The van der Waals surface area contributed by atoms with E-state index < -0.39 is 0 Å². The van der Waals surface area contributed by atoms with Crippen LogP contribution in [0.2, 0.25) is 0 Å². The fraction of sp³-hybridized carbons (Fsp3) is 0.588. The van der Waals surface area contributed by atoms with Crippen molar-refractivity contribution in [1.29, 1.82) is 0 Å². The first-order valence-corrected chi connectivity index (χ1v) is 7.17. The maximum Gasteiger partial charge on any atom is 0.253 e. The predicted molar refractivity (Wildman–Crippen MR) is 86.2 cm³/mol. The van der Waals surface area contributed by atoms with Gasteiger partial charge < -0.3 is 4.90 Å². The molecular formula is C17H31NO. The normalized spacial score (nSPS) is 11.3. The van der Waals surface area contributed by atoms with E-state index in [9.17, 15) is 4.79 Å². The molecule has 0 aliphatic carbocycles. The molecule has 0 saturated heterocycles. The van der Waals surface area contributed by atoms with Crippen molar-refractivity contribution >= 4 is 5.91 Å². The first kappa shape index (κ1) is 20.0. The van der Waals surface area contributed by atoms with Gasteiger partial charge in [0.25, 0.3) is 5.91 Å². The Morgan fingerprint density at radius 1 is 1.26 bits per heavy atom. The van der Waals surface area contributed by atoms with Crippen molar-refractivity contribution in [2.75, 3.05) is 13.6 Å². The summed E-state index contributed by atoms with van der Waals surface area (Å²) in [7, 11) is 1.85. The van der Waals surface area contributed by atoms with Crippen molar-refractivity contribution < 1.29 is 4.79 Å². The van der Waals surface area contributed by atoms with E-state index >= 15 is 0 Å². The summed E-state index contributed by atoms with van der Waals surface area (Å²) in [5, 5.41) is 0. The number of nitrogens with zero attached hydrogens (tertiary/aromatic N) is 1. The summed E-state index contributed by atoms with van der Waals surface area (Å²) in [5.41, 5.74) is 1.70. The van der Waals surface area contributed by atoms with Crippen LogP contribution in [-0.2, 0) is 4.79 Å². The topological polar surface area (TPSA) is 20.3 Å². The summed E-state index contributed by atoms with van der Waals surface area (Å²) in [5.74, 6) is 0.565. The lowest BCUT2D eigenvalue weighted by Crippen LogP contribution is -2.31. The highest BCUT2D eigenvalue weighted by atomic mass is 16.2.